The summed E-state index contributed by atoms with van der Waals surface area (Å²) in [6.45, 7) is 5.72. The average Bonchev–Trinajstić information content (AvgIpc) is 2.24. The number of hydrogen-bond donors (Lipinski definition) is 0. The molecule has 0 aromatic carbocycles. The predicted octanol–water partition coefficient (Wildman–Crippen LogP) is 4.02. The number of ether oxygens (including phenoxy) is 1. The minimum atomic E-state index is -0.182. The highest BCUT2D eigenvalue weighted by Crippen LogP contribution is 2.10. The molecule has 0 rings (SSSR count). The van der Waals surface area contributed by atoms with Gasteiger partial charge in [0, 0.05) is 13.3 Å². The highest BCUT2D eigenvalue weighted by atomic mass is 16.5. The lowest BCUT2D eigenvalue weighted by atomic mass is 10.1. The van der Waals surface area contributed by atoms with Gasteiger partial charge in [0.1, 0.15) is 6.10 Å². The fraction of sp³-hybridized carbons (Fsp3) is 0.643. The van der Waals surface area contributed by atoms with Crippen LogP contribution < -0.4 is 0 Å². The van der Waals surface area contributed by atoms with Gasteiger partial charge in [-0.15, -0.1) is 0 Å². The van der Waals surface area contributed by atoms with Crippen LogP contribution in [-0.4, -0.2) is 12.1 Å². The third-order valence-electron chi connectivity index (χ3n) is 2.23. The Kier molecular flexibility index (Phi) is 9.78. The monoisotopic (exact) mass is 224 g/mol. The molecule has 0 saturated heterocycles. The smallest absolute Gasteiger partial charge is 0.302 e. The molecular weight excluding hydrogens is 200 g/mol. The number of esters is 1. The Morgan fingerprint density at radius 2 is 1.94 bits per heavy atom. The van der Waals surface area contributed by atoms with E-state index in [0.717, 1.165) is 32.1 Å². The molecule has 0 amide bonds. The fourth-order valence-electron chi connectivity index (χ4n) is 1.41. The Hall–Kier alpha value is -1.05. The lowest BCUT2D eigenvalue weighted by Crippen LogP contribution is -2.15. The molecule has 0 spiro atoms. The van der Waals surface area contributed by atoms with Crippen molar-refractivity contribution >= 4 is 5.97 Å². The summed E-state index contributed by atoms with van der Waals surface area (Å²) in [6, 6.07) is 0. The topological polar surface area (TPSA) is 26.3 Å². The minimum Gasteiger partial charge on any atom is -0.462 e. The van der Waals surface area contributed by atoms with E-state index in [-0.39, 0.29) is 12.1 Å². The predicted molar refractivity (Wildman–Crippen MR) is 68.3 cm³/mol. The van der Waals surface area contributed by atoms with E-state index in [0.29, 0.717) is 0 Å². The standard InChI is InChI=1S/C14H24O2/c1-4-6-8-9-10-12-14(11-7-5-2)16-13(3)15/h6,8-10,14H,4-5,7,11-12H2,1-3H3. The van der Waals surface area contributed by atoms with Gasteiger partial charge in [0.2, 0.25) is 0 Å². The van der Waals surface area contributed by atoms with Crippen LogP contribution in [0.25, 0.3) is 0 Å². The number of hydrogen-bond acceptors (Lipinski definition) is 2. The molecule has 1 unspecified atom stereocenters. The van der Waals surface area contributed by atoms with E-state index < -0.39 is 0 Å². The normalized spacial score (nSPS) is 13.4. The van der Waals surface area contributed by atoms with E-state index in [1.54, 1.807) is 0 Å². The van der Waals surface area contributed by atoms with Crippen LogP contribution in [0.4, 0.5) is 0 Å². The Labute approximate surface area is 99.4 Å². The Bertz CT molecular complexity index is 229. The minimum absolute atomic E-state index is 0.0451. The van der Waals surface area contributed by atoms with Crippen molar-refractivity contribution in [2.75, 3.05) is 0 Å². The van der Waals surface area contributed by atoms with Crippen molar-refractivity contribution in [1.82, 2.24) is 0 Å². The number of carbonyl (C=O) groups excluding carboxylic acids is 1. The number of unbranched alkanes of at least 4 members (excludes halogenated alkanes) is 1. The lowest BCUT2D eigenvalue weighted by Gasteiger charge is -2.14. The zero-order chi connectivity index (χ0) is 12.2. The van der Waals surface area contributed by atoms with E-state index in [2.05, 4.69) is 26.0 Å². The first kappa shape index (κ1) is 14.9. The Morgan fingerprint density at radius 1 is 1.25 bits per heavy atom. The van der Waals surface area contributed by atoms with Crippen molar-refractivity contribution in [3.8, 4) is 0 Å². The number of carbonyl (C=O) groups is 1. The SMILES string of the molecule is CCC=CC=CCC(CCCC)OC(C)=O. The second-order valence-corrected chi connectivity index (χ2v) is 3.87. The van der Waals surface area contributed by atoms with Crippen LogP contribution in [0.1, 0.15) is 52.9 Å². The summed E-state index contributed by atoms with van der Waals surface area (Å²) in [5.74, 6) is -0.182. The van der Waals surface area contributed by atoms with E-state index in [9.17, 15) is 4.79 Å². The molecule has 2 nitrogen and oxygen atoms in total. The number of rotatable bonds is 8. The van der Waals surface area contributed by atoms with Gasteiger partial charge in [-0.05, 0) is 12.8 Å². The first-order valence-electron chi connectivity index (χ1n) is 6.19. The number of allylic oxidation sites excluding steroid dienone is 3. The van der Waals surface area contributed by atoms with Gasteiger partial charge in [-0.1, -0.05) is 51.0 Å². The molecule has 1 atom stereocenters. The van der Waals surface area contributed by atoms with Crippen molar-refractivity contribution in [2.45, 2.75) is 59.0 Å². The summed E-state index contributed by atoms with van der Waals surface area (Å²) in [7, 11) is 0. The molecule has 0 aromatic rings. The lowest BCUT2D eigenvalue weighted by molar-refractivity contribution is -0.146. The van der Waals surface area contributed by atoms with E-state index >= 15 is 0 Å². The quantitative estimate of drug-likeness (QED) is 0.460. The van der Waals surface area contributed by atoms with Crippen LogP contribution >= 0.6 is 0 Å². The zero-order valence-corrected chi connectivity index (χ0v) is 10.7. The van der Waals surface area contributed by atoms with Crippen LogP contribution in [0, 0.1) is 0 Å². The Morgan fingerprint density at radius 3 is 2.50 bits per heavy atom. The average molecular weight is 224 g/mol. The molecule has 0 fully saturated rings. The van der Waals surface area contributed by atoms with Gasteiger partial charge < -0.3 is 4.74 Å². The van der Waals surface area contributed by atoms with Gasteiger partial charge >= 0.3 is 5.97 Å². The largest absolute Gasteiger partial charge is 0.462 e. The summed E-state index contributed by atoms with van der Waals surface area (Å²) >= 11 is 0. The molecule has 0 radical (unpaired) electrons. The molecule has 16 heavy (non-hydrogen) atoms. The molecule has 0 saturated carbocycles. The first-order valence-corrected chi connectivity index (χ1v) is 6.19. The maximum atomic E-state index is 10.9. The molecule has 0 N–H and O–H groups in total. The zero-order valence-electron chi connectivity index (χ0n) is 10.7. The molecule has 0 aliphatic carbocycles. The highest BCUT2D eigenvalue weighted by molar-refractivity contribution is 5.66. The molecule has 0 bridgehead atoms. The van der Waals surface area contributed by atoms with Crippen molar-refractivity contribution < 1.29 is 9.53 Å². The van der Waals surface area contributed by atoms with Crippen LogP contribution in [0.15, 0.2) is 24.3 Å². The maximum Gasteiger partial charge on any atom is 0.302 e. The van der Waals surface area contributed by atoms with Gasteiger partial charge in [-0.25, -0.2) is 0 Å². The molecule has 2 heteroatoms. The van der Waals surface area contributed by atoms with Crippen molar-refractivity contribution in [1.29, 1.82) is 0 Å². The third-order valence-corrected chi connectivity index (χ3v) is 2.23. The van der Waals surface area contributed by atoms with Crippen LogP contribution in [0.2, 0.25) is 0 Å². The van der Waals surface area contributed by atoms with E-state index in [1.165, 1.54) is 6.92 Å². The summed E-state index contributed by atoms with van der Waals surface area (Å²) in [4.78, 5) is 10.9. The summed E-state index contributed by atoms with van der Waals surface area (Å²) in [5, 5.41) is 0. The third kappa shape index (κ3) is 9.50. The second-order valence-electron chi connectivity index (χ2n) is 3.87. The maximum absolute atomic E-state index is 10.9. The van der Waals surface area contributed by atoms with Gasteiger partial charge in [-0.3, -0.25) is 4.79 Å². The molecule has 0 aromatic heterocycles. The highest BCUT2D eigenvalue weighted by Gasteiger charge is 2.08. The van der Waals surface area contributed by atoms with Gasteiger partial charge in [0.25, 0.3) is 0 Å². The summed E-state index contributed by atoms with van der Waals surface area (Å²) in [6.07, 6.45) is 13.3. The van der Waals surface area contributed by atoms with E-state index in [1.807, 2.05) is 12.2 Å². The first-order chi connectivity index (χ1) is 7.70. The van der Waals surface area contributed by atoms with Crippen LogP contribution in [0.3, 0.4) is 0 Å². The summed E-state index contributed by atoms with van der Waals surface area (Å²) in [5.41, 5.74) is 0. The molecule has 0 aliphatic rings. The molecule has 0 aliphatic heterocycles. The molecular formula is C14H24O2. The second kappa shape index (κ2) is 10.5. The van der Waals surface area contributed by atoms with Crippen molar-refractivity contribution in [3.63, 3.8) is 0 Å². The molecule has 92 valence electrons. The van der Waals surface area contributed by atoms with Gasteiger partial charge in [0.15, 0.2) is 0 Å². The molecule has 0 heterocycles. The summed E-state index contributed by atoms with van der Waals surface area (Å²) < 4.78 is 5.24. The Balaban J connectivity index is 3.94. The van der Waals surface area contributed by atoms with Crippen molar-refractivity contribution in [3.05, 3.63) is 24.3 Å². The van der Waals surface area contributed by atoms with E-state index in [4.69, 9.17) is 4.74 Å². The van der Waals surface area contributed by atoms with Gasteiger partial charge in [0.05, 0.1) is 0 Å². The van der Waals surface area contributed by atoms with Crippen LogP contribution in [0.5, 0.6) is 0 Å². The fourth-order valence-corrected chi connectivity index (χ4v) is 1.41. The van der Waals surface area contributed by atoms with Crippen molar-refractivity contribution in [2.24, 2.45) is 0 Å². The van der Waals surface area contributed by atoms with Crippen LogP contribution in [-0.2, 0) is 9.53 Å². The van der Waals surface area contributed by atoms with Gasteiger partial charge in [-0.2, -0.15) is 0 Å².